The van der Waals surface area contributed by atoms with Gasteiger partial charge in [0.2, 0.25) is 0 Å². The van der Waals surface area contributed by atoms with Crippen molar-refractivity contribution in [3.63, 3.8) is 0 Å². The lowest BCUT2D eigenvalue weighted by molar-refractivity contribution is 0.102. The summed E-state index contributed by atoms with van der Waals surface area (Å²) < 4.78 is 5.89. The van der Waals surface area contributed by atoms with E-state index in [1.54, 1.807) is 24.4 Å². The molecule has 0 atom stereocenters. The second-order valence-corrected chi connectivity index (χ2v) is 5.09. The first-order valence-corrected chi connectivity index (χ1v) is 7.20. The first kappa shape index (κ1) is 13.3. The molecule has 0 saturated heterocycles. The first-order valence-electron chi connectivity index (χ1n) is 7.20. The van der Waals surface area contributed by atoms with Crippen LogP contribution in [0.3, 0.4) is 0 Å². The predicted octanol–water partition coefficient (Wildman–Crippen LogP) is 4.08. The van der Waals surface area contributed by atoms with Crippen LogP contribution in [-0.4, -0.2) is 16.1 Å². The van der Waals surface area contributed by atoms with Crippen LogP contribution in [0.15, 0.2) is 71.3 Å². The van der Waals surface area contributed by atoms with Crippen LogP contribution < -0.4 is 5.32 Å². The van der Waals surface area contributed by atoms with E-state index >= 15 is 0 Å². The molecule has 112 valence electrons. The second kappa shape index (κ2) is 5.46. The van der Waals surface area contributed by atoms with Crippen molar-refractivity contribution in [2.24, 2.45) is 0 Å². The number of nitrogens with zero attached hydrogens (tertiary/aromatic N) is 1. The molecule has 2 heterocycles. The van der Waals surface area contributed by atoms with Crippen LogP contribution in [0.25, 0.3) is 22.4 Å². The van der Waals surface area contributed by atoms with Crippen molar-refractivity contribution < 1.29 is 9.21 Å². The van der Waals surface area contributed by atoms with E-state index in [9.17, 15) is 4.79 Å². The van der Waals surface area contributed by atoms with E-state index in [-0.39, 0.29) is 5.91 Å². The summed E-state index contributed by atoms with van der Waals surface area (Å²) in [5.41, 5.74) is 2.65. The van der Waals surface area contributed by atoms with Crippen molar-refractivity contribution in [3.8, 4) is 11.5 Å². The second-order valence-electron chi connectivity index (χ2n) is 5.09. The van der Waals surface area contributed by atoms with Gasteiger partial charge < -0.3 is 9.73 Å². The van der Waals surface area contributed by atoms with Crippen molar-refractivity contribution >= 4 is 22.6 Å². The van der Waals surface area contributed by atoms with Gasteiger partial charge in [-0.3, -0.25) is 9.89 Å². The zero-order valence-electron chi connectivity index (χ0n) is 12.1. The minimum absolute atomic E-state index is 0.182. The minimum Gasteiger partial charge on any atom is -0.452 e. The Bertz CT molecular complexity index is 957. The minimum atomic E-state index is -0.182. The summed E-state index contributed by atoms with van der Waals surface area (Å²) in [5.74, 6) is 0.380. The normalized spacial score (nSPS) is 10.8. The summed E-state index contributed by atoms with van der Waals surface area (Å²) in [5, 5.41) is 10.6. The van der Waals surface area contributed by atoms with E-state index in [1.165, 1.54) is 0 Å². The molecule has 0 aliphatic heterocycles. The highest BCUT2D eigenvalue weighted by atomic mass is 16.3. The summed E-state index contributed by atoms with van der Waals surface area (Å²) >= 11 is 0. The molecule has 0 fully saturated rings. The highest BCUT2D eigenvalue weighted by molar-refractivity contribution is 6.11. The Hall–Kier alpha value is -3.34. The molecule has 0 aliphatic carbocycles. The Kier molecular flexibility index (Phi) is 3.16. The maximum Gasteiger partial charge on any atom is 0.255 e. The van der Waals surface area contributed by atoms with Gasteiger partial charge in [0.1, 0.15) is 11.3 Å². The average molecular weight is 303 g/mol. The summed E-state index contributed by atoms with van der Waals surface area (Å²) in [6, 6.07) is 18.5. The predicted molar refractivity (Wildman–Crippen MR) is 88.2 cm³/mol. The molecule has 5 heteroatoms. The molecule has 4 aromatic rings. The molecule has 0 radical (unpaired) electrons. The molecule has 0 unspecified atom stereocenters. The fourth-order valence-corrected chi connectivity index (χ4v) is 2.52. The number of nitrogens with one attached hydrogen (secondary N) is 2. The number of furan rings is 1. The van der Waals surface area contributed by atoms with Gasteiger partial charge in [-0.05, 0) is 30.3 Å². The van der Waals surface area contributed by atoms with Crippen LogP contribution in [0.5, 0.6) is 0 Å². The van der Waals surface area contributed by atoms with Crippen molar-refractivity contribution in [2.75, 3.05) is 5.32 Å². The van der Waals surface area contributed by atoms with E-state index in [4.69, 9.17) is 4.42 Å². The van der Waals surface area contributed by atoms with Crippen molar-refractivity contribution in [3.05, 3.63) is 72.4 Å². The number of amides is 1. The maximum atomic E-state index is 12.5. The lowest BCUT2D eigenvalue weighted by Gasteiger charge is -2.05. The van der Waals surface area contributed by atoms with Crippen LogP contribution >= 0.6 is 0 Å². The van der Waals surface area contributed by atoms with Gasteiger partial charge in [0.25, 0.3) is 5.91 Å². The smallest absolute Gasteiger partial charge is 0.255 e. The van der Waals surface area contributed by atoms with Gasteiger partial charge in [0, 0.05) is 17.1 Å². The lowest BCUT2D eigenvalue weighted by Crippen LogP contribution is -2.11. The number of rotatable bonds is 3. The lowest BCUT2D eigenvalue weighted by atomic mass is 10.1. The molecule has 2 N–H and O–H groups in total. The average Bonchev–Trinajstić information content (AvgIpc) is 3.24. The third kappa shape index (κ3) is 2.38. The number of fused-ring (bicyclic) bond motifs is 1. The Balaban J connectivity index is 1.82. The summed E-state index contributed by atoms with van der Waals surface area (Å²) in [6.07, 6.45) is 1.64. The van der Waals surface area contributed by atoms with Crippen LogP contribution in [0, 0.1) is 0 Å². The summed E-state index contributed by atoms with van der Waals surface area (Å²) in [4.78, 5) is 12.5. The zero-order valence-corrected chi connectivity index (χ0v) is 12.1. The Morgan fingerprint density at radius 2 is 1.78 bits per heavy atom. The SMILES string of the molecule is O=C(Nc1c(-c2ccn[nH]2)oc2ccccc12)c1ccccc1. The van der Waals surface area contributed by atoms with Crippen LogP contribution in [0.1, 0.15) is 10.4 Å². The highest BCUT2D eigenvalue weighted by Crippen LogP contribution is 2.37. The van der Waals surface area contributed by atoms with Crippen molar-refractivity contribution in [1.82, 2.24) is 10.2 Å². The number of benzene rings is 2. The number of anilines is 1. The number of carbonyl (C=O) groups is 1. The van der Waals surface area contributed by atoms with Gasteiger partial charge in [-0.25, -0.2) is 0 Å². The third-order valence-corrected chi connectivity index (χ3v) is 3.62. The molecule has 0 bridgehead atoms. The van der Waals surface area contributed by atoms with E-state index in [1.807, 2.05) is 42.5 Å². The molecular weight excluding hydrogens is 290 g/mol. The Morgan fingerprint density at radius 3 is 2.57 bits per heavy atom. The number of aromatic nitrogens is 2. The Labute approximate surface area is 131 Å². The number of hydrogen-bond acceptors (Lipinski definition) is 3. The van der Waals surface area contributed by atoms with Crippen LogP contribution in [0.2, 0.25) is 0 Å². The summed E-state index contributed by atoms with van der Waals surface area (Å²) in [7, 11) is 0. The van der Waals surface area contributed by atoms with E-state index in [2.05, 4.69) is 15.5 Å². The van der Waals surface area contributed by atoms with Crippen molar-refractivity contribution in [2.45, 2.75) is 0 Å². The van der Waals surface area contributed by atoms with Crippen molar-refractivity contribution in [1.29, 1.82) is 0 Å². The van der Waals surface area contributed by atoms with Gasteiger partial charge in [-0.15, -0.1) is 0 Å². The molecule has 5 nitrogen and oxygen atoms in total. The fourth-order valence-electron chi connectivity index (χ4n) is 2.52. The highest BCUT2D eigenvalue weighted by Gasteiger charge is 2.19. The molecule has 0 saturated carbocycles. The third-order valence-electron chi connectivity index (χ3n) is 3.62. The van der Waals surface area contributed by atoms with Gasteiger partial charge >= 0.3 is 0 Å². The molecule has 2 aromatic carbocycles. The van der Waals surface area contributed by atoms with Crippen LogP contribution in [-0.2, 0) is 0 Å². The zero-order chi connectivity index (χ0) is 15.6. The van der Waals surface area contributed by atoms with Gasteiger partial charge in [-0.1, -0.05) is 30.3 Å². The van der Waals surface area contributed by atoms with Gasteiger partial charge in [0.15, 0.2) is 5.76 Å². The molecule has 4 rings (SSSR count). The molecule has 2 aromatic heterocycles. The monoisotopic (exact) mass is 303 g/mol. The maximum absolute atomic E-state index is 12.5. The van der Waals surface area contributed by atoms with Gasteiger partial charge in [0.05, 0.1) is 5.69 Å². The van der Waals surface area contributed by atoms with Crippen LogP contribution in [0.4, 0.5) is 5.69 Å². The molecule has 23 heavy (non-hydrogen) atoms. The fraction of sp³-hybridized carbons (Fsp3) is 0. The Morgan fingerprint density at radius 1 is 1.00 bits per heavy atom. The molecule has 0 aliphatic rings. The first-order chi connectivity index (χ1) is 11.3. The number of para-hydroxylation sites is 1. The number of aromatic amines is 1. The number of H-pyrrole nitrogens is 1. The number of carbonyl (C=O) groups excluding carboxylic acids is 1. The summed E-state index contributed by atoms with van der Waals surface area (Å²) in [6.45, 7) is 0. The van der Waals surface area contributed by atoms with E-state index in [0.717, 1.165) is 5.39 Å². The molecule has 0 spiro atoms. The molecular formula is C18H13N3O2. The number of hydrogen-bond donors (Lipinski definition) is 2. The van der Waals surface area contributed by atoms with E-state index in [0.29, 0.717) is 28.3 Å². The molecule has 1 amide bonds. The van der Waals surface area contributed by atoms with Gasteiger partial charge in [-0.2, -0.15) is 5.10 Å². The quantitative estimate of drug-likeness (QED) is 0.599. The topological polar surface area (TPSA) is 70.9 Å². The van der Waals surface area contributed by atoms with E-state index < -0.39 is 0 Å². The largest absolute Gasteiger partial charge is 0.452 e. The standard InChI is InChI=1S/C18H13N3O2/c22-18(12-6-2-1-3-7-12)20-16-13-8-4-5-9-15(13)23-17(16)14-10-11-19-21-14/h1-11H,(H,19,21)(H,20,22).